The zero-order valence-corrected chi connectivity index (χ0v) is 11.0. The molecule has 2 rings (SSSR count). The fraction of sp³-hybridized carbons (Fsp3) is 0.583. The first-order valence-corrected chi connectivity index (χ1v) is 6.25. The van der Waals surface area contributed by atoms with Gasteiger partial charge in [-0.15, -0.1) is 0 Å². The van der Waals surface area contributed by atoms with Crippen LogP contribution in [0.5, 0.6) is 0 Å². The monoisotopic (exact) mass is 266 g/mol. The molecule has 0 aliphatic heterocycles. The summed E-state index contributed by atoms with van der Waals surface area (Å²) in [6, 6.07) is -1.47. The molecule has 1 aromatic heterocycles. The Bertz CT molecular complexity index is 481. The number of urea groups is 1. The van der Waals surface area contributed by atoms with Gasteiger partial charge in [-0.3, -0.25) is 4.68 Å². The highest BCUT2D eigenvalue weighted by molar-refractivity contribution is 5.83. The molecule has 7 heteroatoms. The minimum Gasteiger partial charge on any atom is -0.479 e. The molecule has 2 atom stereocenters. The highest BCUT2D eigenvalue weighted by atomic mass is 16.4. The van der Waals surface area contributed by atoms with E-state index in [-0.39, 0.29) is 6.04 Å². The highest BCUT2D eigenvalue weighted by Gasteiger charge is 2.30. The van der Waals surface area contributed by atoms with Crippen LogP contribution in [0.4, 0.5) is 4.79 Å². The number of carbonyl (C=O) groups excluding carboxylic acids is 1. The van der Waals surface area contributed by atoms with Crippen molar-refractivity contribution in [2.45, 2.75) is 31.8 Å². The van der Waals surface area contributed by atoms with Gasteiger partial charge in [0, 0.05) is 24.8 Å². The molecule has 0 bridgehead atoms. The second-order valence-corrected chi connectivity index (χ2v) is 4.96. The van der Waals surface area contributed by atoms with Crippen LogP contribution in [0, 0.1) is 5.92 Å². The quantitative estimate of drug-likeness (QED) is 0.728. The summed E-state index contributed by atoms with van der Waals surface area (Å²) in [6.07, 6.45) is 5.24. The number of nitrogens with one attached hydrogen (secondary N) is 2. The Morgan fingerprint density at radius 3 is 2.63 bits per heavy atom. The fourth-order valence-corrected chi connectivity index (χ4v) is 1.97. The van der Waals surface area contributed by atoms with E-state index in [1.807, 2.05) is 6.92 Å². The molecule has 0 radical (unpaired) electrons. The molecule has 19 heavy (non-hydrogen) atoms. The minimum absolute atomic E-state index is 0.0725. The van der Waals surface area contributed by atoms with Gasteiger partial charge < -0.3 is 15.7 Å². The van der Waals surface area contributed by atoms with Crippen LogP contribution < -0.4 is 10.6 Å². The maximum absolute atomic E-state index is 11.8. The van der Waals surface area contributed by atoms with E-state index < -0.39 is 18.0 Å². The molecular weight excluding hydrogens is 248 g/mol. The van der Waals surface area contributed by atoms with E-state index >= 15 is 0 Å². The molecule has 1 fully saturated rings. The number of carboxylic acids is 1. The fourth-order valence-electron chi connectivity index (χ4n) is 1.97. The average Bonchev–Trinajstić information content (AvgIpc) is 3.09. The largest absolute Gasteiger partial charge is 0.479 e. The van der Waals surface area contributed by atoms with Crippen molar-refractivity contribution in [1.29, 1.82) is 0 Å². The number of carboxylic acid groups (broad SMARTS) is 1. The summed E-state index contributed by atoms with van der Waals surface area (Å²) in [4.78, 5) is 23.0. The number of aromatic nitrogens is 2. The van der Waals surface area contributed by atoms with Crippen LogP contribution in [0.15, 0.2) is 12.4 Å². The van der Waals surface area contributed by atoms with Crippen LogP contribution in [-0.2, 0) is 11.8 Å². The van der Waals surface area contributed by atoms with E-state index in [0.717, 1.165) is 12.8 Å². The predicted octanol–water partition coefficient (Wildman–Crippen LogP) is 0.643. The topological polar surface area (TPSA) is 96.2 Å². The van der Waals surface area contributed by atoms with E-state index in [1.54, 1.807) is 13.2 Å². The van der Waals surface area contributed by atoms with Crippen LogP contribution in [-0.4, -0.2) is 32.9 Å². The number of aliphatic carboxylic acids is 1. The summed E-state index contributed by atoms with van der Waals surface area (Å²) in [5.74, 6) is -0.588. The Labute approximate surface area is 111 Å². The van der Waals surface area contributed by atoms with E-state index in [9.17, 15) is 9.59 Å². The molecular formula is C12H18N4O3. The summed E-state index contributed by atoms with van der Waals surface area (Å²) < 4.78 is 1.50. The number of nitrogens with zero attached hydrogens (tertiary/aromatic N) is 2. The number of rotatable bonds is 5. The van der Waals surface area contributed by atoms with Crippen molar-refractivity contribution >= 4 is 12.0 Å². The second kappa shape index (κ2) is 5.29. The zero-order chi connectivity index (χ0) is 14.0. The van der Waals surface area contributed by atoms with Gasteiger partial charge in [-0.1, -0.05) is 0 Å². The molecule has 2 unspecified atom stereocenters. The molecule has 104 valence electrons. The highest BCUT2D eigenvalue weighted by Crippen LogP contribution is 2.32. The van der Waals surface area contributed by atoms with Crippen LogP contribution in [0.2, 0.25) is 0 Å². The van der Waals surface area contributed by atoms with Gasteiger partial charge in [0.2, 0.25) is 0 Å². The standard InChI is InChI=1S/C12H18N4O3/c1-7(8-3-4-8)14-12(19)15-10(11(17)18)9-5-13-16(2)6-9/h5-8,10H,3-4H2,1-2H3,(H,17,18)(H2,14,15,19). The van der Waals surface area contributed by atoms with Gasteiger partial charge in [-0.25, -0.2) is 9.59 Å². The third kappa shape index (κ3) is 3.46. The van der Waals surface area contributed by atoms with Crippen molar-refractivity contribution in [1.82, 2.24) is 20.4 Å². The summed E-state index contributed by atoms with van der Waals surface area (Å²) in [7, 11) is 1.69. The maximum Gasteiger partial charge on any atom is 0.331 e. The van der Waals surface area contributed by atoms with Crippen LogP contribution in [0.1, 0.15) is 31.4 Å². The van der Waals surface area contributed by atoms with Gasteiger partial charge in [-0.2, -0.15) is 5.10 Å². The molecule has 0 aromatic carbocycles. The Morgan fingerprint density at radius 1 is 1.47 bits per heavy atom. The third-order valence-electron chi connectivity index (χ3n) is 3.27. The lowest BCUT2D eigenvalue weighted by molar-refractivity contribution is -0.139. The molecule has 1 heterocycles. The number of aryl methyl sites for hydroxylation is 1. The number of carbonyl (C=O) groups is 2. The van der Waals surface area contributed by atoms with E-state index in [2.05, 4.69) is 15.7 Å². The van der Waals surface area contributed by atoms with E-state index in [1.165, 1.54) is 10.9 Å². The number of hydrogen-bond donors (Lipinski definition) is 3. The lowest BCUT2D eigenvalue weighted by Gasteiger charge is -2.17. The van der Waals surface area contributed by atoms with Crippen molar-refractivity contribution in [2.24, 2.45) is 13.0 Å². The minimum atomic E-state index is -1.11. The Hall–Kier alpha value is -2.05. The van der Waals surface area contributed by atoms with Crippen molar-refractivity contribution in [3.8, 4) is 0 Å². The van der Waals surface area contributed by atoms with Crippen LogP contribution >= 0.6 is 0 Å². The molecule has 3 N–H and O–H groups in total. The van der Waals surface area contributed by atoms with Crippen molar-refractivity contribution in [2.75, 3.05) is 0 Å². The molecule has 1 aliphatic carbocycles. The van der Waals surface area contributed by atoms with Gasteiger partial charge in [0.15, 0.2) is 6.04 Å². The summed E-state index contributed by atoms with van der Waals surface area (Å²) in [5, 5.41) is 18.3. The maximum atomic E-state index is 11.8. The van der Waals surface area contributed by atoms with Crippen LogP contribution in [0.3, 0.4) is 0 Å². The molecule has 7 nitrogen and oxygen atoms in total. The first-order valence-electron chi connectivity index (χ1n) is 6.25. The first kappa shape index (κ1) is 13.4. The Morgan fingerprint density at radius 2 is 2.16 bits per heavy atom. The number of hydrogen-bond acceptors (Lipinski definition) is 3. The second-order valence-electron chi connectivity index (χ2n) is 4.96. The number of amides is 2. The van der Waals surface area contributed by atoms with Crippen LogP contribution in [0.25, 0.3) is 0 Å². The normalized spacial score (nSPS) is 17.6. The lowest BCUT2D eigenvalue weighted by Crippen LogP contribution is -2.45. The SMILES string of the molecule is CC(NC(=O)NC(C(=O)O)c1cnn(C)c1)C1CC1. The third-order valence-corrected chi connectivity index (χ3v) is 3.27. The molecule has 1 saturated carbocycles. The van der Waals surface area contributed by atoms with Gasteiger partial charge in [0.1, 0.15) is 0 Å². The lowest BCUT2D eigenvalue weighted by atomic mass is 10.1. The summed E-state index contributed by atoms with van der Waals surface area (Å²) >= 11 is 0. The average molecular weight is 266 g/mol. The molecule has 0 saturated heterocycles. The summed E-state index contributed by atoms with van der Waals surface area (Å²) in [5.41, 5.74) is 0.448. The smallest absolute Gasteiger partial charge is 0.331 e. The zero-order valence-electron chi connectivity index (χ0n) is 11.0. The van der Waals surface area contributed by atoms with Gasteiger partial charge in [-0.05, 0) is 25.7 Å². The summed E-state index contributed by atoms with van der Waals surface area (Å²) in [6.45, 7) is 1.93. The van der Waals surface area contributed by atoms with E-state index in [0.29, 0.717) is 11.5 Å². The Balaban J connectivity index is 1.96. The van der Waals surface area contributed by atoms with E-state index in [4.69, 9.17) is 5.11 Å². The van der Waals surface area contributed by atoms with Gasteiger partial charge >= 0.3 is 12.0 Å². The van der Waals surface area contributed by atoms with Crippen molar-refractivity contribution < 1.29 is 14.7 Å². The molecule has 1 aliphatic rings. The van der Waals surface area contributed by atoms with Crippen molar-refractivity contribution in [3.05, 3.63) is 18.0 Å². The molecule has 1 aromatic rings. The molecule has 2 amide bonds. The molecule has 0 spiro atoms. The van der Waals surface area contributed by atoms with Gasteiger partial charge in [0.25, 0.3) is 0 Å². The van der Waals surface area contributed by atoms with Gasteiger partial charge in [0.05, 0.1) is 6.20 Å². The Kier molecular flexibility index (Phi) is 3.73. The predicted molar refractivity (Wildman–Crippen MR) is 67.4 cm³/mol. The first-order chi connectivity index (χ1) is 8.97. The van der Waals surface area contributed by atoms with Crippen molar-refractivity contribution in [3.63, 3.8) is 0 Å².